The maximum atomic E-state index is 5.90. The number of hydrogen-bond acceptors (Lipinski definition) is 4. The predicted molar refractivity (Wildman–Crippen MR) is 75.4 cm³/mol. The Hall–Kier alpha value is -2.23. The first-order chi connectivity index (χ1) is 9.13. The molecule has 4 nitrogen and oxygen atoms in total. The van der Waals surface area contributed by atoms with Crippen molar-refractivity contribution < 1.29 is 9.47 Å². The minimum absolute atomic E-state index is 0.405. The van der Waals surface area contributed by atoms with E-state index in [1.807, 2.05) is 38.1 Å². The third kappa shape index (κ3) is 2.78. The Labute approximate surface area is 113 Å². The van der Waals surface area contributed by atoms with Crippen LogP contribution in [-0.2, 0) is 6.61 Å². The highest BCUT2D eigenvalue weighted by atomic mass is 16.5. The maximum Gasteiger partial charge on any atom is 0.219 e. The van der Waals surface area contributed by atoms with Gasteiger partial charge in [-0.25, -0.2) is 4.98 Å². The van der Waals surface area contributed by atoms with Gasteiger partial charge in [-0.1, -0.05) is 6.07 Å². The predicted octanol–water partition coefficient (Wildman–Crippen LogP) is 2.87. The molecule has 4 heteroatoms. The lowest BCUT2D eigenvalue weighted by atomic mass is 10.1. The Morgan fingerprint density at radius 3 is 2.74 bits per heavy atom. The van der Waals surface area contributed by atoms with Gasteiger partial charge in [0.05, 0.1) is 12.7 Å². The molecule has 0 unspecified atom stereocenters. The molecule has 2 N–H and O–H groups in total. The number of pyridine rings is 1. The van der Waals surface area contributed by atoms with E-state index in [0.717, 1.165) is 28.1 Å². The number of nitrogens with zero attached hydrogens (tertiary/aromatic N) is 1. The van der Waals surface area contributed by atoms with E-state index in [-0.39, 0.29) is 0 Å². The van der Waals surface area contributed by atoms with E-state index in [4.69, 9.17) is 15.2 Å². The summed E-state index contributed by atoms with van der Waals surface area (Å²) in [5.74, 6) is 1.41. The summed E-state index contributed by atoms with van der Waals surface area (Å²) in [5, 5.41) is 0. The highest BCUT2D eigenvalue weighted by Gasteiger charge is 2.09. The topological polar surface area (TPSA) is 57.4 Å². The number of aryl methyl sites for hydroxylation is 1. The Balaban J connectivity index is 2.21. The zero-order chi connectivity index (χ0) is 13.8. The summed E-state index contributed by atoms with van der Waals surface area (Å²) >= 11 is 0. The second kappa shape index (κ2) is 5.61. The first-order valence-electron chi connectivity index (χ1n) is 6.10. The van der Waals surface area contributed by atoms with Crippen molar-refractivity contribution >= 4 is 5.69 Å². The summed E-state index contributed by atoms with van der Waals surface area (Å²) in [7, 11) is 1.60. The Morgan fingerprint density at radius 2 is 2.00 bits per heavy atom. The molecule has 0 aliphatic carbocycles. The number of benzene rings is 1. The summed E-state index contributed by atoms with van der Waals surface area (Å²) in [4.78, 5) is 4.14. The monoisotopic (exact) mass is 258 g/mol. The summed E-state index contributed by atoms with van der Waals surface area (Å²) in [5.41, 5.74) is 9.57. The lowest BCUT2D eigenvalue weighted by Gasteiger charge is -2.14. The number of nitrogen functional groups attached to an aromatic ring is 1. The van der Waals surface area contributed by atoms with Crippen LogP contribution in [0.25, 0.3) is 0 Å². The fourth-order valence-corrected chi connectivity index (χ4v) is 1.93. The molecule has 0 spiro atoms. The summed E-state index contributed by atoms with van der Waals surface area (Å²) in [6.07, 6.45) is 1.69. The highest BCUT2D eigenvalue weighted by molar-refractivity contribution is 5.56. The zero-order valence-electron chi connectivity index (χ0n) is 11.4. The van der Waals surface area contributed by atoms with Crippen molar-refractivity contribution in [2.24, 2.45) is 0 Å². The molecule has 1 aromatic heterocycles. The molecular formula is C15H18N2O2. The average molecular weight is 258 g/mol. The van der Waals surface area contributed by atoms with Crippen LogP contribution < -0.4 is 15.2 Å². The molecule has 1 aromatic carbocycles. The number of aromatic nitrogens is 1. The summed E-state index contributed by atoms with van der Waals surface area (Å²) < 4.78 is 11.1. The van der Waals surface area contributed by atoms with Crippen LogP contribution in [0.3, 0.4) is 0 Å². The number of methoxy groups -OCH3 is 1. The van der Waals surface area contributed by atoms with Gasteiger partial charge in [-0.05, 0) is 37.6 Å². The molecule has 1 heterocycles. The van der Waals surface area contributed by atoms with Gasteiger partial charge in [0.15, 0.2) is 0 Å². The molecule has 0 bridgehead atoms. The zero-order valence-corrected chi connectivity index (χ0v) is 11.4. The third-order valence-electron chi connectivity index (χ3n) is 3.06. The Morgan fingerprint density at radius 1 is 1.21 bits per heavy atom. The standard InChI is InChI=1S/C15H18N2O2/c1-10-6-7-13(16)11(2)14(10)19-9-12-5-4-8-17-15(12)18-3/h4-8H,9,16H2,1-3H3. The van der Waals surface area contributed by atoms with Gasteiger partial charge >= 0.3 is 0 Å². The molecule has 100 valence electrons. The van der Waals surface area contributed by atoms with Crippen LogP contribution in [0.2, 0.25) is 0 Å². The quantitative estimate of drug-likeness (QED) is 0.857. The molecular weight excluding hydrogens is 240 g/mol. The van der Waals surface area contributed by atoms with Crippen LogP contribution in [0, 0.1) is 13.8 Å². The van der Waals surface area contributed by atoms with E-state index in [1.54, 1.807) is 13.3 Å². The van der Waals surface area contributed by atoms with Gasteiger partial charge in [-0.15, -0.1) is 0 Å². The van der Waals surface area contributed by atoms with E-state index in [1.165, 1.54) is 0 Å². The van der Waals surface area contributed by atoms with Crippen molar-refractivity contribution in [1.82, 2.24) is 4.98 Å². The molecule has 0 amide bonds. The Bertz CT molecular complexity index is 582. The largest absolute Gasteiger partial charge is 0.488 e. The number of hydrogen-bond donors (Lipinski definition) is 1. The second-order valence-electron chi connectivity index (χ2n) is 4.39. The van der Waals surface area contributed by atoms with E-state index in [2.05, 4.69) is 4.98 Å². The molecule has 19 heavy (non-hydrogen) atoms. The van der Waals surface area contributed by atoms with Crippen LogP contribution in [0.4, 0.5) is 5.69 Å². The number of ether oxygens (including phenoxy) is 2. The lowest BCUT2D eigenvalue weighted by molar-refractivity contribution is 0.290. The Kier molecular flexibility index (Phi) is 3.90. The molecule has 0 fully saturated rings. The SMILES string of the molecule is COc1ncccc1COc1c(C)ccc(N)c1C. The minimum Gasteiger partial charge on any atom is -0.488 e. The van der Waals surface area contributed by atoms with Gasteiger partial charge in [0.25, 0.3) is 0 Å². The molecule has 2 rings (SSSR count). The van der Waals surface area contributed by atoms with E-state index >= 15 is 0 Å². The molecule has 0 saturated heterocycles. The van der Waals surface area contributed by atoms with Crippen LogP contribution in [-0.4, -0.2) is 12.1 Å². The van der Waals surface area contributed by atoms with E-state index in [9.17, 15) is 0 Å². The van der Waals surface area contributed by atoms with Crippen molar-refractivity contribution in [3.05, 3.63) is 47.2 Å². The molecule has 0 aliphatic heterocycles. The van der Waals surface area contributed by atoms with Crippen LogP contribution >= 0.6 is 0 Å². The fourth-order valence-electron chi connectivity index (χ4n) is 1.93. The van der Waals surface area contributed by atoms with Gasteiger partial charge < -0.3 is 15.2 Å². The number of nitrogens with two attached hydrogens (primary N) is 1. The molecule has 0 aliphatic rings. The van der Waals surface area contributed by atoms with Gasteiger partial charge in [0.1, 0.15) is 12.4 Å². The van der Waals surface area contributed by atoms with Gasteiger partial charge in [-0.3, -0.25) is 0 Å². The van der Waals surface area contributed by atoms with Gasteiger partial charge in [-0.2, -0.15) is 0 Å². The highest BCUT2D eigenvalue weighted by Crippen LogP contribution is 2.29. The van der Waals surface area contributed by atoms with E-state index < -0.39 is 0 Å². The van der Waals surface area contributed by atoms with Crippen molar-refractivity contribution in [3.8, 4) is 11.6 Å². The maximum absolute atomic E-state index is 5.90. The molecule has 0 saturated carbocycles. The first kappa shape index (κ1) is 13.2. The van der Waals surface area contributed by atoms with Crippen molar-refractivity contribution in [3.63, 3.8) is 0 Å². The molecule has 2 aromatic rings. The average Bonchev–Trinajstić information content (AvgIpc) is 2.43. The van der Waals surface area contributed by atoms with Crippen molar-refractivity contribution in [2.45, 2.75) is 20.5 Å². The molecule has 0 radical (unpaired) electrons. The fraction of sp³-hybridized carbons (Fsp3) is 0.267. The van der Waals surface area contributed by atoms with Crippen LogP contribution in [0.1, 0.15) is 16.7 Å². The van der Waals surface area contributed by atoms with Crippen LogP contribution in [0.5, 0.6) is 11.6 Å². The smallest absolute Gasteiger partial charge is 0.219 e. The van der Waals surface area contributed by atoms with Crippen molar-refractivity contribution in [1.29, 1.82) is 0 Å². The normalized spacial score (nSPS) is 10.3. The van der Waals surface area contributed by atoms with Crippen molar-refractivity contribution in [2.75, 3.05) is 12.8 Å². The van der Waals surface area contributed by atoms with Crippen LogP contribution in [0.15, 0.2) is 30.5 Å². The summed E-state index contributed by atoms with van der Waals surface area (Å²) in [6, 6.07) is 7.64. The first-order valence-corrected chi connectivity index (χ1v) is 6.10. The lowest BCUT2D eigenvalue weighted by Crippen LogP contribution is -2.03. The van der Waals surface area contributed by atoms with Gasteiger partial charge in [0, 0.05) is 17.4 Å². The number of anilines is 1. The van der Waals surface area contributed by atoms with Gasteiger partial charge in [0.2, 0.25) is 5.88 Å². The summed E-state index contributed by atoms with van der Waals surface area (Å²) in [6.45, 7) is 4.36. The minimum atomic E-state index is 0.405. The second-order valence-corrected chi connectivity index (χ2v) is 4.39. The number of rotatable bonds is 4. The van der Waals surface area contributed by atoms with E-state index in [0.29, 0.717) is 12.5 Å². The molecule has 0 atom stereocenters. The third-order valence-corrected chi connectivity index (χ3v) is 3.06.